The van der Waals surface area contributed by atoms with Crippen molar-refractivity contribution in [3.63, 3.8) is 0 Å². The predicted octanol–water partition coefficient (Wildman–Crippen LogP) is 6.09. The number of fused-ring (bicyclic) bond motifs is 1. The van der Waals surface area contributed by atoms with Crippen molar-refractivity contribution in [2.45, 2.75) is 20.8 Å². The Morgan fingerprint density at radius 1 is 0.938 bits per heavy atom. The molecule has 0 aliphatic heterocycles. The van der Waals surface area contributed by atoms with Gasteiger partial charge in [-0.15, -0.1) is 0 Å². The Morgan fingerprint density at radius 3 is 2.28 bits per heavy atom. The van der Waals surface area contributed by atoms with Crippen LogP contribution in [0.4, 0.5) is 27.5 Å². The van der Waals surface area contributed by atoms with Gasteiger partial charge >= 0.3 is 0 Å². The summed E-state index contributed by atoms with van der Waals surface area (Å²) in [5.41, 5.74) is 2.54. The summed E-state index contributed by atoms with van der Waals surface area (Å²) in [5.74, 6) is 0.730. The lowest BCUT2D eigenvalue weighted by atomic mass is 10.2. The highest BCUT2D eigenvalue weighted by molar-refractivity contribution is 9.10. The number of anilines is 4. The van der Waals surface area contributed by atoms with Gasteiger partial charge in [-0.05, 0) is 78.0 Å². The Labute approximate surface area is 195 Å². The zero-order chi connectivity index (χ0) is 22.9. The molecule has 0 saturated heterocycles. The minimum Gasteiger partial charge on any atom is -0.339 e. The quantitative estimate of drug-likeness (QED) is 0.285. The molecule has 0 bridgehead atoms. The Balaban J connectivity index is 0.000000360. The monoisotopic (exact) mass is 499 g/mol. The normalized spacial score (nSPS) is 10.7. The van der Waals surface area contributed by atoms with Crippen LogP contribution in [-0.2, 0) is 0 Å². The molecule has 0 spiro atoms. The fourth-order valence-electron chi connectivity index (χ4n) is 3.01. The van der Waals surface area contributed by atoms with E-state index in [4.69, 9.17) is 0 Å². The van der Waals surface area contributed by atoms with Crippen LogP contribution in [0, 0.1) is 5.82 Å². The molecular formula is C23H27BrFN7. The van der Waals surface area contributed by atoms with Gasteiger partial charge in [-0.2, -0.15) is 10.1 Å². The molecule has 9 heteroatoms. The van der Waals surface area contributed by atoms with Gasteiger partial charge in [0.1, 0.15) is 11.6 Å². The number of hydrogen-bond donors (Lipinski definition) is 3. The molecule has 0 aliphatic rings. The number of aromatic amines is 1. The van der Waals surface area contributed by atoms with Crippen molar-refractivity contribution in [3.05, 3.63) is 65.1 Å². The predicted molar refractivity (Wildman–Crippen MR) is 132 cm³/mol. The Morgan fingerprint density at radius 2 is 1.62 bits per heavy atom. The van der Waals surface area contributed by atoms with Gasteiger partial charge in [-0.3, -0.25) is 5.10 Å². The second kappa shape index (κ2) is 11.5. The average Bonchev–Trinajstić information content (AvgIpc) is 3.27. The first-order valence-electron chi connectivity index (χ1n) is 10.5. The maximum atomic E-state index is 13.0. The number of H-pyrrole nitrogens is 1. The first-order chi connectivity index (χ1) is 15.5. The van der Waals surface area contributed by atoms with E-state index < -0.39 is 0 Å². The Bertz CT molecular complexity index is 1120. The third kappa shape index (κ3) is 6.48. The van der Waals surface area contributed by atoms with Crippen LogP contribution in [-0.4, -0.2) is 44.7 Å². The lowest BCUT2D eigenvalue weighted by Crippen LogP contribution is -2.21. The zero-order valence-corrected chi connectivity index (χ0v) is 19.9. The summed E-state index contributed by atoms with van der Waals surface area (Å²) >= 11 is 3.41. The van der Waals surface area contributed by atoms with Gasteiger partial charge < -0.3 is 15.5 Å². The van der Waals surface area contributed by atoms with Gasteiger partial charge in [0, 0.05) is 23.0 Å². The number of nitrogens with one attached hydrogen (secondary N) is 3. The van der Waals surface area contributed by atoms with E-state index in [1.165, 1.54) is 31.8 Å². The molecule has 2 aromatic heterocycles. The number of hydrogen-bond acceptors (Lipinski definition) is 6. The highest BCUT2D eigenvalue weighted by Crippen LogP contribution is 2.26. The van der Waals surface area contributed by atoms with E-state index in [1.54, 1.807) is 24.5 Å². The van der Waals surface area contributed by atoms with Crippen molar-refractivity contribution >= 4 is 50.0 Å². The molecule has 168 valence electrons. The van der Waals surface area contributed by atoms with E-state index in [2.05, 4.69) is 72.4 Å². The minimum absolute atomic E-state index is 0.288. The highest BCUT2D eigenvalue weighted by atomic mass is 79.9. The maximum Gasteiger partial charge on any atom is 0.229 e. The topological polar surface area (TPSA) is 81.8 Å². The molecule has 0 radical (unpaired) electrons. The van der Waals surface area contributed by atoms with Crippen LogP contribution >= 0.6 is 15.9 Å². The lowest BCUT2D eigenvalue weighted by molar-refractivity contribution is 0.321. The maximum absolute atomic E-state index is 13.0. The van der Waals surface area contributed by atoms with Crippen molar-refractivity contribution in [1.82, 2.24) is 25.1 Å². The molecule has 0 atom stereocenters. The van der Waals surface area contributed by atoms with Gasteiger partial charge in [-0.1, -0.05) is 20.8 Å². The number of halogens is 2. The van der Waals surface area contributed by atoms with Crippen LogP contribution in [0.3, 0.4) is 0 Å². The molecular weight excluding hydrogens is 473 g/mol. The largest absolute Gasteiger partial charge is 0.339 e. The summed E-state index contributed by atoms with van der Waals surface area (Å²) in [6.45, 7) is 10.1. The van der Waals surface area contributed by atoms with E-state index in [-0.39, 0.29) is 5.82 Å². The van der Waals surface area contributed by atoms with E-state index in [0.717, 1.165) is 22.3 Å². The molecule has 0 amide bonds. The molecule has 0 aliphatic carbocycles. The third-order valence-corrected chi connectivity index (χ3v) is 5.47. The molecule has 0 fully saturated rings. The molecule has 0 saturated carbocycles. The van der Waals surface area contributed by atoms with E-state index >= 15 is 0 Å². The summed E-state index contributed by atoms with van der Waals surface area (Å²) in [6.07, 6.45) is 3.40. The first kappa shape index (κ1) is 23.6. The van der Waals surface area contributed by atoms with Gasteiger partial charge in [0.15, 0.2) is 0 Å². The summed E-state index contributed by atoms with van der Waals surface area (Å²) < 4.78 is 13.7. The van der Waals surface area contributed by atoms with Gasteiger partial charge in [0.05, 0.1) is 16.2 Å². The molecule has 2 heterocycles. The van der Waals surface area contributed by atoms with Crippen LogP contribution in [0.1, 0.15) is 20.8 Å². The van der Waals surface area contributed by atoms with E-state index in [1.807, 2.05) is 18.2 Å². The van der Waals surface area contributed by atoms with Crippen LogP contribution in [0.25, 0.3) is 10.9 Å². The molecule has 32 heavy (non-hydrogen) atoms. The smallest absolute Gasteiger partial charge is 0.229 e. The second-order valence-corrected chi connectivity index (χ2v) is 7.79. The van der Waals surface area contributed by atoms with Crippen molar-refractivity contribution in [1.29, 1.82) is 0 Å². The summed E-state index contributed by atoms with van der Waals surface area (Å²) in [5, 5.41) is 14.2. The van der Waals surface area contributed by atoms with Gasteiger partial charge in [0.25, 0.3) is 0 Å². The minimum atomic E-state index is -0.288. The third-order valence-electron chi connectivity index (χ3n) is 4.89. The lowest BCUT2D eigenvalue weighted by Gasteiger charge is -2.13. The van der Waals surface area contributed by atoms with Crippen molar-refractivity contribution < 1.29 is 4.39 Å². The summed E-state index contributed by atoms with van der Waals surface area (Å²) in [6, 6.07) is 11.9. The number of aromatic nitrogens is 4. The van der Waals surface area contributed by atoms with Crippen LogP contribution in [0.15, 0.2) is 59.3 Å². The van der Waals surface area contributed by atoms with Crippen molar-refractivity contribution in [2.24, 2.45) is 0 Å². The van der Waals surface area contributed by atoms with Crippen LogP contribution in [0.2, 0.25) is 0 Å². The Kier molecular flexibility index (Phi) is 8.52. The molecule has 0 unspecified atom stereocenters. The Hall–Kier alpha value is -3.04. The van der Waals surface area contributed by atoms with E-state index in [9.17, 15) is 4.39 Å². The number of nitrogens with zero attached hydrogens (tertiary/aromatic N) is 4. The molecule has 3 N–H and O–H groups in total. The van der Waals surface area contributed by atoms with Crippen molar-refractivity contribution in [2.75, 3.05) is 30.3 Å². The zero-order valence-electron chi connectivity index (χ0n) is 18.4. The van der Waals surface area contributed by atoms with Gasteiger partial charge in [-0.25, -0.2) is 9.37 Å². The standard InChI is InChI=1S/C17H12BrFN6.C6H15N/c18-14-9-20-17(23-13-5-6-15-10(7-13)8-21-25-15)24-16(14)22-12-3-1-11(19)2-4-12;1-4-7(5-2)6-3/h1-9H,(H,21,25)(H2,20,22,23,24);4-6H2,1-3H3. The molecule has 2 aromatic carbocycles. The molecule has 7 nitrogen and oxygen atoms in total. The fraction of sp³-hybridized carbons (Fsp3) is 0.261. The van der Waals surface area contributed by atoms with Gasteiger partial charge in [0.2, 0.25) is 5.95 Å². The highest BCUT2D eigenvalue weighted by Gasteiger charge is 2.07. The number of rotatable bonds is 7. The molecule has 4 aromatic rings. The van der Waals surface area contributed by atoms with Crippen LogP contribution < -0.4 is 10.6 Å². The first-order valence-corrected chi connectivity index (χ1v) is 11.3. The SMILES string of the molecule is CCN(CC)CC.Fc1ccc(Nc2nc(Nc3ccc4[nH]ncc4c3)ncc2Br)cc1. The second-order valence-electron chi connectivity index (χ2n) is 6.94. The summed E-state index contributed by atoms with van der Waals surface area (Å²) in [7, 11) is 0. The fourth-order valence-corrected chi connectivity index (χ4v) is 3.30. The molecule has 4 rings (SSSR count). The van der Waals surface area contributed by atoms with Crippen molar-refractivity contribution in [3.8, 4) is 0 Å². The van der Waals surface area contributed by atoms with Crippen LogP contribution in [0.5, 0.6) is 0 Å². The number of benzene rings is 2. The average molecular weight is 500 g/mol. The summed E-state index contributed by atoms with van der Waals surface area (Å²) in [4.78, 5) is 11.1. The van der Waals surface area contributed by atoms with E-state index in [0.29, 0.717) is 16.2 Å².